The molecule has 0 amide bonds. The van der Waals surface area contributed by atoms with Gasteiger partial charge in [0.2, 0.25) is 0 Å². The van der Waals surface area contributed by atoms with Gasteiger partial charge in [0.25, 0.3) is 0 Å². The summed E-state index contributed by atoms with van der Waals surface area (Å²) in [4.78, 5) is 0. The van der Waals surface area contributed by atoms with E-state index in [-0.39, 0.29) is 36.8 Å². The molecular formula is C38H28Cl2OTi. The predicted molar refractivity (Wildman–Crippen MR) is 162 cm³/mol. The van der Waals surface area contributed by atoms with Gasteiger partial charge >= 0.3 is 246 Å². The van der Waals surface area contributed by atoms with E-state index >= 15 is 0 Å². The van der Waals surface area contributed by atoms with Crippen LogP contribution in [0.4, 0.5) is 0 Å². The molecule has 1 aliphatic carbocycles. The Morgan fingerprint density at radius 3 is 1.79 bits per heavy atom. The molecule has 42 heavy (non-hydrogen) atoms. The fourth-order valence-corrected chi connectivity index (χ4v) is 7.74. The Bertz CT molecular complexity index is 1760. The third kappa shape index (κ3) is 5.90. The molecular weight excluding hydrogens is 591 g/mol. The van der Waals surface area contributed by atoms with Gasteiger partial charge in [-0.05, 0) is 0 Å². The van der Waals surface area contributed by atoms with E-state index in [9.17, 15) is 0 Å². The molecule has 7 rings (SSSR count). The fraction of sp³-hybridized carbons (Fsp3) is 0.0526. The largest absolute Gasteiger partial charge is 1.00 e. The molecule has 0 bridgehead atoms. The first kappa shape index (κ1) is 30.0. The topological polar surface area (TPSA) is 9.23 Å². The molecule has 0 N–H and O–H groups in total. The Labute approximate surface area is 269 Å². The number of hydrogen-bond acceptors (Lipinski definition) is 1. The van der Waals surface area contributed by atoms with Crippen molar-refractivity contribution in [1.82, 2.24) is 0 Å². The summed E-state index contributed by atoms with van der Waals surface area (Å²) >= 11 is -0.994. The van der Waals surface area contributed by atoms with Crippen molar-refractivity contribution >= 4 is 26.3 Å². The van der Waals surface area contributed by atoms with Crippen molar-refractivity contribution in [3.05, 3.63) is 185 Å². The average molecular weight is 619 g/mol. The second kappa shape index (κ2) is 13.7. The summed E-state index contributed by atoms with van der Waals surface area (Å²) in [5.41, 5.74) is 9.04. The molecule has 0 aliphatic heterocycles. The van der Waals surface area contributed by atoms with Gasteiger partial charge < -0.3 is 24.8 Å². The van der Waals surface area contributed by atoms with Gasteiger partial charge in [0, 0.05) is 0 Å². The fourth-order valence-electron chi connectivity index (χ4n) is 5.88. The normalized spacial score (nSPS) is 13.5. The van der Waals surface area contributed by atoms with E-state index in [4.69, 9.17) is 3.32 Å². The molecule has 204 valence electrons. The van der Waals surface area contributed by atoms with Crippen LogP contribution in [-0.2, 0) is 22.9 Å². The first-order valence-electron chi connectivity index (χ1n) is 13.8. The number of hydrogen-bond donors (Lipinski definition) is 0. The Balaban J connectivity index is 0.00000176. The van der Waals surface area contributed by atoms with E-state index in [1.54, 1.807) is 0 Å². The van der Waals surface area contributed by atoms with Gasteiger partial charge in [-0.15, -0.1) is 0 Å². The van der Waals surface area contributed by atoms with Crippen LogP contribution in [-0.4, -0.2) is 0 Å². The summed E-state index contributed by atoms with van der Waals surface area (Å²) in [7, 11) is 0. The first-order chi connectivity index (χ1) is 19.9. The molecule has 6 aromatic carbocycles. The summed E-state index contributed by atoms with van der Waals surface area (Å²) in [5.74, 6) is 0.164. The van der Waals surface area contributed by atoms with Crippen molar-refractivity contribution in [2.24, 2.45) is 0 Å². The molecule has 0 spiro atoms. The van der Waals surface area contributed by atoms with Crippen LogP contribution in [0.3, 0.4) is 0 Å². The molecule has 0 heterocycles. The van der Waals surface area contributed by atoms with Crippen molar-refractivity contribution in [2.45, 2.75) is 12.0 Å². The smallest absolute Gasteiger partial charge is 1.00 e. The van der Waals surface area contributed by atoms with Crippen LogP contribution in [0.5, 0.6) is 0 Å². The van der Waals surface area contributed by atoms with Crippen LogP contribution in [0.2, 0.25) is 0 Å². The van der Waals surface area contributed by atoms with Crippen LogP contribution in [0.25, 0.3) is 22.4 Å². The van der Waals surface area contributed by atoms with Gasteiger partial charge in [0.05, 0.1) is 0 Å². The zero-order chi connectivity index (χ0) is 26.7. The van der Waals surface area contributed by atoms with Gasteiger partial charge in [-0.1, -0.05) is 0 Å². The molecule has 6 aromatic rings. The molecule has 1 aliphatic rings. The molecule has 1 atom stereocenters. The van der Waals surface area contributed by atoms with Crippen LogP contribution in [0, 0.1) is 0 Å². The van der Waals surface area contributed by atoms with Gasteiger partial charge in [-0.2, -0.15) is 0 Å². The summed E-state index contributed by atoms with van der Waals surface area (Å²) in [6, 6.07) is 54.4. The number of halogens is 2. The van der Waals surface area contributed by atoms with Crippen LogP contribution in [0.15, 0.2) is 152 Å². The van der Waals surface area contributed by atoms with E-state index in [0.29, 0.717) is 0 Å². The predicted octanol–water partition coefficient (Wildman–Crippen LogP) is 2.96. The minimum atomic E-state index is -0.994. The average Bonchev–Trinajstić information content (AvgIpc) is 3.42. The van der Waals surface area contributed by atoms with E-state index in [1.807, 2.05) is 0 Å². The number of allylic oxidation sites excluding steroid dienone is 1. The Morgan fingerprint density at radius 1 is 0.524 bits per heavy atom. The van der Waals surface area contributed by atoms with Gasteiger partial charge in [-0.3, -0.25) is 0 Å². The second-order valence-electron chi connectivity index (χ2n) is 10.2. The van der Waals surface area contributed by atoms with Crippen molar-refractivity contribution in [3.8, 4) is 0 Å². The standard InChI is InChI=1S/C25H17.C13H11O.2ClH.Ti/c1-2-9-19(10-3-1)24-17-21-12-6-7-13-23(21)25(24)22-15-14-18-8-4-5-11-20(18)16-22;14-13(11-7-3-1-4-8-11)12-9-5-2-6-10-12;;;/h1-15,17,25H;1-10,13H;2*1H;/q;-1;;;+3/p-2. The third-order valence-corrected chi connectivity index (χ3v) is 9.53. The van der Waals surface area contributed by atoms with Crippen LogP contribution >= 0.6 is 0 Å². The Morgan fingerprint density at radius 2 is 1.10 bits per heavy atom. The molecule has 4 heteroatoms. The number of fused-ring (bicyclic) bond motifs is 2. The monoisotopic (exact) mass is 618 g/mol. The van der Waals surface area contributed by atoms with Crippen molar-refractivity contribution in [3.63, 3.8) is 0 Å². The van der Waals surface area contributed by atoms with E-state index < -0.39 is 19.5 Å². The molecule has 0 saturated carbocycles. The molecule has 1 nitrogen and oxygen atoms in total. The van der Waals surface area contributed by atoms with Gasteiger partial charge in [0.15, 0.2) is 0 Å². The Hall–Kier alpha value is -3.43. The second-order valence-corrected chi connectivity index (χ2v) is 11.7. The molecule has 0 saturated heterocycles. The van der Waals surface area contributed by atoms with Gasteiger partial charge in [-0.25, -0.2) is 0 Å². The number of rotatable bonds is 7. The minimum absolute atomic E-state index is 0. The minimum Gasteiger partial charge on any atom is -1.00 e. The summed E-state index contributed by atoms with van der Waals surface area (Å²) < 4.78 is 8.42. The SMILES string of the molecule is C1=C(c2ccccc2)C(c2ccc3ccccc3[c]2[Ti+2][O]C(c2ccccc2)c2ccccc2)c2ccccc21.[Cl-].[Cl-]. The quantitative estimate of drug-likeness (QED) is 0.250. The van der Waals surface area contributed by atoms with E-state index in [2.05, 4.69) is 158 Å². The molecule has 0 fully saturated rings. The molecule has 1 unspecified atom stereocenters. The third-order valence-electron chi connectivity index (χ3n) is 7.79. The van der Waals surface area contributed by atoms with Crippen molar-refractivity contribution < 1.29 is 47.7 Å². The molecule has 0 aromatic heterocycles. The van der Waals surface area contributed by atoms with Crippen molar-refractivity contribution in [2.75, 3.05) is 0 Å². The first-order valence-corrected chi connectivity index (χ1v) is 15.2. The maximum absolute atomic E-state index is 7.04. The van der Waals surface area contributed by atoms with Crippen LogP contribution < -0.4 is 28.7 Å². The van der Waals surface area contributed by atoms with E-state index in [0.717, 1.165) is 0 Å². The van der Waals surface area contributed by atoms with E-state index in [1.165, 1.54) is 53.6 Å². The zero-order valence-corrected chi connectivity index (χ0v) is 25.9. The van der Waals surface area contributed by atoms with Gasteiger partial charge in [0.1, 0.15) is 0 Å². The number of benzene rings is 6. The summed E-state index contributed by atoms with van der Waals surface area (Å²) in [6.45, 7) is 0. The summed E-state index contributed by atoms with van der Waals surface area (Å²) in [6.07, 6.45) is 2.28. The zero-order valence-electron chi connectivity index (χ0n) is 22.8. The Kier molecular flexibility index (Phi) is 9.80. The maximum Gasteiger partial charge on any atom is -1.00 e. The van der Waals surface area contributed by atoms with Crippen molar-refractivity contribution in [1.29, 1.82) is 0 Å². The van der Waals surface area contributed by atoms with Crippen LogP contribution in [0.1, 0.15) is 45.4 Å². The maximum atomic E-state index is 7.04. The molecule has 0 radical (unpaired) electrons. The summed E-state index contributed by atoms with van der Waals surface area (Å²) in [5, 5.41) is 2.57.